The number of hydrogen-bond acceptors (Lipinski definition) is 5. The van der Waals surface area contributed by atoms with Gasteiger partial charge in [0.05, 0.1) is 12.4 Å². The average Bonchev–Trinajstić information content (AvgIpc) is 2.45. The summed E-state index contributed by atoms with van der Waals surface area (Å²) in [4.78, 5) is 8.25. The lowest BCUT2D eigenvalue weighted by atomic mass is 10.1. The first-order chi connectivity index (χ1) is 8.88. The smallest absolute Gasteiger partial charge is 0.160 e. The predicted octanol–water partition coefficient (Wildman–Crippen LogP) is 1.81. The van der Waals surface area contributed by atoms with Crippen LogP contribution in [0.15, 0.2) is 42.7 Å². The molecule has 0 fully saturated rings. The van der Waals surface area contributed by atoms with Crippen LogP contribution in [0.1, 0.15) is 12.0 Å². The van der Waals surface area contributed by atoms with E-state index in [-0.39, 0.29) is 0 Å². The molecular weight excluding hydrogens is 226 g/mol. The van der Waals surface area contributed by atoms with E-state index in [2.05, 4.69) is 45.0 Å². The first-order valence-corrected chi connectivity index (χ1v) is 5.95. The average molecular weight is 243 g/mol. The van der Waals surface area contributed by atoms with Crippen molar-refractivity contribution in [3.63, 3.8) is 0 Å². The second kappa shape index (κ2) is 6.56. The molecule has 4 N–H and O–H groups in total. The molecule has 0 aliphatic heterocycles. The SMILES string of the molecule is NNc1cncc(NCCCc2ccccc2)n1. The molecule has 0 saturated carbocycles. The number of nitrogens with one attached hydrogen (secondary N) is 2. The van der Waals surface area contributed by atoms with Crippen molar-refractivity contribution in [2.24, 2.45) is 5.84 Å². The minimum absolute atomic E-state index is 0.558. The molecule has 1 aromatic heterocycles. The Morgan fingerprint density at radius 3 is 2.61 bits per heavy atom. The van der Waals surface area contributed by atoms with Crippen LogP contribution < -0.4 is 16.6 Å². The summed E-state index contributed by atoms with van der Waals surface area (Å²) in [5.74, 6) is 6.56. The zero-order valence-electron chi connectivity index (χ0n) is 10.1. The molecule has 0 spiro atoms. The van der Waals surface area contributed by atoms with Crippen molar-refractivity contribution < 1.29 is 0 Å². The van der Waals surface area contributed by atoms with Gasteiger partial charge < -0.3 is 10.7 Å². The number of nitrogens with two attached hydrogens (primary N) is 1. The summed E-state index contributed by atoms with van der Waals surface area (Å²) < 4.78 is 0. The van der Waals surface area contributed by atoms with E-state index in [1.807, 2.05) is 6.07 Å². The van der Waals surface area contributed by atoms with Gasteiger partial charge in [0, 0.05) is 6.54 Å². The largest absolute Gasteiger partial charge is 0.369 e. The fourth-order valence-electron chi connectivity index (χ4n) is 1.67. The normalized spacial score (nSPS) is 10.1. The van der Waals surface area contributed by atoms with Gasteiger partial charge in [-0.2, -0.15) is 0 Å². The molecule has 2 rings (SSSR count). The van der Waals surface area contributed by atoms with Crippen molar-refractivity contribution in [2.75, 3.05) is 17.3 Å². The number of nitrogen functional groups attached to an aromatic ring is 1. The summed E-state index contributed by atoms with van der Waals surface area (Å²) in [5, 5.41) is 3.22. The van der Waals surface area contributed by atoms with E-state index < -0.39 is 0 Å². The monoisotopic (exact) mass is 243 g/mol. The lowest BCUT2D eigenvalue weighted by molar-refractivity contribution is 0.858. The number of hydrogen-bond donors (Lipinski definition) is 3. The van der Waals surface area contributed by atoms with E-state index in [1.54, 1.807) is 12.4 Å². The van der Waals surface area contributed by atoms with Crippen LogP contribution >= 0.6 is 0 Å². The van der Waals surface area contributed by atoms with Gasteiger partial charge in [-0.25, -0.2) is 10.8 Å². The molecule has 0 aliphatic rings. The van der Waals surface area contributed by atoms with Gasteiger partial charge in [0.2, 0.25) is 0 Å². The Kier molecular flexibility index (Phi) is 4.49. The molecule has 0 unspecified atom stereocenters. The third kappa shape index (κ3) is 3.71. The lowest BCUT2D eigenvalue weighted by Gasteiger charge is -2.06. The van der Waals surface area contributed by atoms with Gasteiger partial charge in [0.1, 0.15) is 5.82 Å². The van der Waals surface area contributed by atoms with Crippen LogP contribution in [0.2, 0.25) is 0 Å². The highest BCUT2D eigenvalue weighted by Gasteiger charge is 1.97. The molecule has 0 atom stereocenters. The maximum absolute atomic E-state index is 5.27. The zero-order valence-corrected chi connectivity index (χ0v) is 10.1. The molecule has 1 heterocycles. The van der Waals surface area contributed by atoms with Crippen LogP contribution in [0.4, 0.5) is 11.6 Å². The van der Waals surface area contributed by atoms with Crippen molar-refractivity contribution in [1.29, 1.82) is 0 Å². The number of anilines is 2. The Balaban J connectivity index is 1.75. The molecule has 0 aliphatic carbocycles. The molecule has 5 heteroatoms. The van der Waals surface area contributed by atoms with Crippen molar-refractivity contribution in [2.45, 2.75) is 12.8 Å². The Morgan fingerprint density at radius 2 is 1.83 bits per heavy atom. The fourth-order valence-corrected chi connectivity index (χ4v) is 1.67. The summed E-state index contributed by atoms with van der Waals surface area (Å²) in [6, 6.07) is 10.4. The van der Waals surface area contributed by atoms with E-state index in [4.69, 9.17) is 5.84 Å². The van der Waals surface area contributed by atoms with Gasteiger partial charge in [0.25, 0.3) is 0 Å². The van der Waals surface area contributed by atoms with Crippen LogP contribution in [-0.4, -0.2) is 16.5 Å². The Bertz CT molecular complexity index is 472. The number of nitrogens with zero attached hydrogens (tertiary/aromatic N) is 2. The standard InChI is InChI=1S/C13H17N5/c14-18-13-10-15-9-12(17-13)16-8-4-7-11-5-2-1-3-6-11/h1-3,5-6,9-10H,4,7-8,14H2,(H2,16,17,18). The topological polar surface area (TPSA) is 75.9 Å². The third-order valence-corrected chi connectivity index (χ3v) is 2.57. The van der Waals surface area contributed by atoms with E-state index in [0.29, 0.717) is 5.82 Å². The van der Waals surface area contributed by atoms with Crippen molar-refractivity contribution >= 4 is 11.6 Å². The molecule has 0 saturated heterocycles. The quantitative estimate of drug-likeness (QED) is 0.410. The molecule has 18 heavy (non-hydrogen) atoms. The molecule has 1 aromatic carbocycles. The Morgan fingerprint density at radius 1 is 1.06 bits per heavy atom. The van der Waals surface area contributed by atoms with Crippen LogP contribution in [0.5, 0.6) is 0 Å². The van der Waals surface area contributed by atoms with E-state index in [1.165, 1.54) is 5.56 Å². The van der Waals surface area contributed by atoms with Crippen LogP contribution in [0.25, 0.3) is 0 Å². The van der Waals surface area contributed by atoms with Gasteiger partial charge in [-0.1, -0.05) is 30.3 Å². The Labute approximate surface area is 106 Å². The maximum Gasteiger partial charge on any atom is 0.160 e. The number of rotatable bonds is 6. The molecule has 5 nitrogen and oxygen atoms in total. The Hall–Kier alpha value is -2.14. The minimum atomic E-state index is 0.558. The summed E-state index contributed by atoms with van der Waals surface area (Å²) in [6.07, 6.45) is 5.36. The van der Waals surface area contributed by atoms with Gasteiger partial charge in [-0.3, -0.25) is 4.98 Å². The van der Waals surface area contributed by atoms with Crippen molar-refractivity contribution in [1.82, 2.24) is 9.97 Å². The summed E-state index contributed by atoms with van der Waals surface area (Å²) in [6.45, 7) is 0.859. The zero-order chi connectivity index (χ0) is 12.6. The van der Waals surface area contributed by atoms with E-state index in [0.717, 1.165) is 25.2 Å². The van der Waals surface area contributed by atoms with Gasteiger partial charge in [-0.05, 0) is 18.4 Å². The maximum atomic E-state index is 5.27. The van der Waals surface area contributed by atoms with E-state index >= 15 is 0 Å². The van der Waals surface area contributed by atoms with Crippen LogP contribution in [0, 0.1) is 0 Å². The van der Waals surface area contributed by atoms with Crippen LogP contribution in [-0.2, 0) is 6.42 Å². The minimum Gasteiger partial charge on any atom is -0.369 e. The molecule has 0 amide bonds. The fraction of sp³-hybridized carbons (Fsp3) is 0.231. The van der Waals surface area contributed by atoms with Gasteiger partial charge in [0.15, 0.2) is 5.82 Å². The van der Waals surface area contributed by atoms with Gasteiger partial charge in [-0.15, -0.1) is 0 Å². The van der Waals surface area contributed by atoms with Crippen molar-refractivity contribution in [3.8, 4) is 0 Å². The lowest BCUT2D eigenvalue weighted by Crippen LogP contribution is -2.11. The first-order valence-electron chi connectivity index (χ1n) is 5.95. The number of aromatic nitrogens is 2. The van der Waals surface area contributed by atoms with Gasteiger partial charge >= 0.3 is 0 Å². The molecule has 2 aromatic rings. The predicted molar refractivity (Wildman–Crippen MR) is 73.1 cm³/mol. The second-order valence-electron chi connectivity index (χ2n) is 3.95. The molecular formula is C13H17N5. The highest BCUT2D eigenvalue weighted by atomic mass is 15.3. The summed E-state index contributed by atoms with van der Waals surface area (Å²) >= 11 is 0. The molecule has 94 valence electrons. The third-order valence-electron chi connectivity index (χ3n) is 2.57. The highest BCUT2D eigenvalue weighted by molar-refractivity contribution is 5.40. The van der Waals surface area contributed by atoms with Crippen LogP contribution in [0.3, 0.4) is 0 Å². The molecule has 0 bridgehead atoms. The molecule has 0 radical (unpaired) electrons. The summed E-state index contributed by atoms with van der Waals surface area (Å²) in [5.41, 5.74) is 3.82. The second-order valence-corrected chi connectivity index (χ2v) is 3.95. The first kappa shape index (κ1) is 12.3. The highest BCUT2D eigenvalue weighted by Crippen LogP contribution is 2.06. The number of benzene rings is 1. The van der Waals surface area contributed by atoms with Crippen molar-refractivity contribution in [3.05, 3.63) is 48.3 Å². The number of aryl methyl sites for hydroxylation is 1. The number of hydrazine groups is 1. The van der Waals surface area contributed by atoms with E-state index in [9.17, 15) is 0 Å². The summed E-state index contributed by atoms with van der Waals surface area (Å²) in [7, 11) is 0.